The summed E-state index contributed by atoms with van der Waals surface area (Å²) in [4.78, 5) is 11.4. The molecule has 0 saturated heterocycles. The van der Waals surface area contributed by atoms with Crippen molar-refractivity contribution in [2.24, 2.45) is 5.92 Å². The molecule has 0 amide bonds. The molecular formula is C10H19IO2. The van der Waals surface area contributed by atoms with Crippen LogP contribution in [0.1, 0.15) is 40.5 Å². The van der Waals surface area contributed by atoms with Crippen molar-refractivity contribution in [3.63, 3.8) is 0 Å². The summed E-state index contributed by atoms with van der Waals surface area (Å²) >= 11 is 2.20. The summed E-state index contributed by atoms with van der Waals surface area (Å²) in [5.41, 5.74) is -0.300. The number of carbonyl (C=O) groups excluding carboxylic acids is 1. The van der Waals surface area contributed by atoms with E-state index in [9.17, 15) is 4.79 Å². The van der Waals surface area contributed by atoms with Gasteiger partial charge in [-0.1, -0.05) is 42.9 Å². The van der Waals surface area contributed by atoms with Gasteiger partial charge in [0.2, 0.25) is 0 Å². The molecule has 0 N–H and O–H groups in total. The van der Waals surface area contributed by atoms with Crippen LogP contribution in [0.4, 0.5) is 0 Å². The van der Waals surface area contributed by atoms with E-state index in [1.807, 2.05) is 20.8 Å². The number of hydrogen-bond donors (Lipinski definition) is 0. The molecule has 3 heteroatoms. The Morgan fingerprint density at radius 1 is 1.54 bits per heavy atom. The normalized spacial score (nSPS) is 13.9. The molecule has 0 aliphatic carbocycles. The van der Waals surface area contributed by atoms with Crippen LogP contribution in [0, 0.1) is 5.92 Å². The van der Waals surface area contributed by atoms with E-state index in [-0.39, 0.29) is 17.5 Å². The highest BCUT2D eigenvalue weighted by atomic mass is 127. The Hall–Kier alpha value is 0.200. The van der Waals surface area contributed by atoms with Crippen LogP contribution in [0.3, 0.4) is 0 Å². The van der Waals surface area contributed by atoms with Crippen molar-refractivity contribution in [1.82, 2.24) is 0 Å². The van der Waals surface area contributed by atoms with E-state index in [0.717, 1.165) is 17.3 Å². The molecule has 1 unspecified atom stereocenters. The smallest absolute Gasteiger partial charge is 0.309 e. The van der Waals surface area contributed by atoms with Gasteiger partial charge in [0.25, 0.3) is 0 Å². The van der Waals surface area contributed by atoms with Gasteiger partial charge in [-0.3, -0.25) is 4.79 Å². The molecule has 0 aliphatic rings. The Kier molecular flexibility index (Phi) is 5.92. The monoisotopic (exact) mass is 298 g/mol. The molecule has 2 nitrogen and oxygen atoms in total. The lowest BCUT2D eigenvalue weighted by Crippen LogP contribution is -2.31. The summed E-state index contributed by atoms with van der Waals surface area (Å²) in [6.45, 7) is 7.93. The first kappa shape index (κ1) is 13.2. The lowest BCUT2D eigenvalue weighted by Gasteiger charge is -2.25. The molecule has 0 aromatic carbocycles. The van der Waals surface area contributed by atoms with Crippen LogP contribution in [0.5, 0.6) is 0 Å². The van der Waals surface area contributed by atoms with Crippen molar-refractivity contribution in [3.8, 4) is 0 Å². The summed E-state index contributed by atoms with van der Waals surface area (Å²) in [5.74, 6) is -0.0652. The van der Waals surface area contributed by atoms with Crippen molar-refractivity contribution in [2.45, 2.75) is 46.1 Å². The number of esters is 1. The number of carbonyl (C=O) groups is 1. The van der Waals surface area contributed by atoms with Gasteiger partial charge in [0.1, 0.15) is 5.60 Å². The molecule has 0 spiro atoms. The fourth-order valence-electron chi connectivity index (χ4n) is 1.09. The molecule has 0 aliphatic heterocycles. The molecule has 0 aromatic rings. The number of hydrogen-bond acceptors (Lipinski definition) is 2. The van der Waals surface area contributed by atoms with Gasteiger partial charge in [-0.25, -0.2) is 0 Å². The van der Waals surface area contributed by atoms with Gasteiger partial charge in [0.15, 0.2) is 0 Å². The molecule has 1 atom stereocenters. The quantitative estimate of drug-likeness (QED) is 0.443. The van der Waals surface area contributed by atoms with Crippen LogP contribution in [0.25, 0.3) is 0 Å². The molecular weight excluding hydrogens is 279 g/mol. The van der Waals surface area contributed by atoms with Crippen molar-refractivity contribution in [2.75, 3.05) is 4.43 Å². The Morgan fingerprint density at radius 2 is 2.08 bits per heavy atom. The minimum Gasteiger partial charge on any atom is -0.459 e. The maximum Gasteiger partial charge on any atom is 0.309 e. The molecule has 0 rings (SSSR count). The molecule has 0 radical (unpaired) electrons. The average molecular weight is 298 g/mol. The lowest BCUT2D eigenvalue weighted by atomic mass is 10.0. The first-order chi connectivity index (χ1) is 5.93. The standard InChI is InChI=1S/C10H19IO2/c1-5-6-10(3,4)13-9(12)8(2)7-11/h8H,5-7H2,1-4H3. The zero-order chi connectivity index (χ0) is 10.5. The Labute approximate surface area is 94.6 Å². The number of rotatable bonds is 5. The van der Waals surface area contributed by atoms with E-state index >= 15 is 0 Å². The van der Waals surface area contributed by atoms with E-state index in [1.54, 1.807) is 0 Å². The first-order valence-electron chi connectivity index (χ1n) is 4.71. The van der Waals surface area contributed by atoms with Crippen molar-refractivity contribution in [3.05, 3.63) is 0 Å². The third-order valence-corrected chi connectivity index (χ3v) is 3.18. The number of ether oxygens (including phenoxy) is 1. The maximum absolute atomic E-state index is 11.4. The molecule has 0 aromatic heterocycles. The topological polar surface area (TPSA) is 26.3 Å². The second kappa shape index (κ2) is 5.83. The Morgan fingerprint density at radius 3 is 2.46 bits per heavy atom. The molecule has 13 heavy (non-hydrogen) atoms. The van der Waals surface area contributed by atoms with Gasteiger partial charge < -0.3 is 4.74 Å². The third-order valence-electron chi connectivity index (χ3n) is 1.86. The predicted octanol–water partition coefficient (Wildman–Crippen LogP) is 3.18. The molecule has 0 heterocycles. The minimum absolute atomic E-state index is 0.0109. The molecule has 0 bridgehead atoms. The van der Waals surface area contributed by atoms with Crippen LogP contribution >= 0.6 is 22.6 Å². The number of halogens is 1. The van der Waals surface area contributed by atoms with E-state index in [4.69, 9.17) is 4.74 Å². The zero-order valence-corrected chi connectivity index (χ0v) is 11.1. The second-order valence-corrected chi connectivity index (χ2v) is 4.87. The highest BCUT2D eigenvalue weighted by molar-refractivity contribution is 14.1. The van der Waals surface area contributed by atoms with Gasteiger partial charge in [-0.05, 0) is 20.3 Å². The lowest BCUT2D eigenvalue weighted by molar-refractivity contribution is -0.160. The number of alkyl halides is 1. The van der Waals surface area contributed by atoms with Gasteiger partial charge in [-0.15, -0.1) is 0 Å². The first-order valence-corrected chi connectivity index (χ1v) is 6.24. The van der Waals surface area contributed by atoms with E-state index < -0.39 is 0 Å². The summed E-state index contributed by atoms with van der Waals surface area (Å²) in [6.07, 6.45) is 1.96. The minimum atomic E-state index is -0.300. The van der Waals surface area contributed by atoms with Crippen molar-refractivity contribution >= 4 is 28.6 Å². The highest BCUT2D eigenvalue weighted by Crippen LogP contribution is 2.18. The summed E-state index contributed by atoms with van der Waals surface area (Å²) < 4.78 is 6.21. The van der Waals surface area contributed by atoms with Crippen LogP contribution in [-0.4, -0.2) is 16.0 Å². The maximum atomic E-state index is 11.4. The van der Waals surface area contributed by atoms with Crippen molar-refractivity contribution in [1.29, 1.82) is 0 Å². The zero-order valence-electron chi connectivity index (χ0n) is 8.89. The van der Waals surface area contributed by atoms with Gasteiger partial charge >= 0.3 is 5.97 Å². The van der Waals surface area contributed by atoms with Gasteiger partial charge in [0.05, 0.1) is 5.92 Å². The van der Waals surface area contributed by atoms with Gasteiger partial charge in [-0.2, -0.15) is 0 Å². The average Bonchev–Trinajstić information content (AvgIpc) is 2.01. The Bertz CT molecular complexity index is 166. The summed E-state index contributed by atoms with van der Waals surface area (Å²) in [5, 5.41) is 0. The van der Waals surface area contributed by atoms with Crippen LogP contribution in [0.2, 0.25) is 0 Å². The third kappa shape index (κ3) is 5.49. The molecule has 78 valence electrons. The Balaban J connectivity index is 4.03. The SMILES string of the molecule is CCCC(C)(C)OC(=O)C(C)CI. The van der Waals surface area contributed by atoms with Crippen LogP contribution < -0.4 is 0 Å². The van der Waals surface area contributed by atoms with Crippen molar-refractivity contribution < 1.29 is 9.53 Å². The summed E-state index contributed by atoms with van der Waals surface area (Å²) in [7, 11) is 0. The molecule has 0 fully saturated rings. The van der Waals surface area contributed by atoms with E-state index in [1.165, 1.54) is 0 Å². The highest BCUT2D eigenvalue weighted by Gasteiger charge is 2.24. The van der Waals surface area contributed by atoms with Crippen LogP contribution in [0.15, 0.2) is 0 Å². The van der Waals surface area contributed by atoms with E-state index in [2.05, 4.69) is 29.5 Å². The molecule has 0 saturated carbocycles. The predicted molar refractivity (Wildman–Crippen MR) is 63.1 cm³/mol. The second-order valence-electron chi connectivity index (χ2n) is 3.99. The summed E-state index contributed by atoms with van der Waals surface area (Å²) in [6, 6.07) is 0. The fourth-order valence-corrected chi connectivity index (χ4v) is 1.45. The largest absolute Gasteiger partial charge is 0.459 e. The van der Waals surface area contributed by atoms with Gasteiger partial charge in [0, 0.05) is 4.43 Å². The van der Waals surface area contributed by atoms with Crippen LogP contribution in [-0.2, 0) is 9.53 Å². The fraction of sp³-hybridized carbons (Fsp3) is 0.900. The van der Waals surface area contributed by atoms with E-state index in [0.29, 0.717) is 0 Å².